The maximum atomic E-state index is 2.12. The first-order valence-corrected chi connectivity index (χ1v) is 4.74. The fourth-order valence-corrected chi connectivity index (χ4v) is 1.39. The molecule has 0 bridgehead atoms. The molecule has 0 radical (unpaired) electrons. The van der Waals surface area contributed by atoms with Gasteiger partial charge in [-0.1, -0.05) is 6.07 Å². The zero-order valence-electron chi connectivity index (χ0n) is 13.3. The molecule has 0 saturated heterocycles. The summed E-state index contributed by atoms with van der Waals surface area (Å²) in [6, 6.07) is 24.7. The Morgan fingerprint density at radius 1 is 0.600 bits per heavy atom. The molecule has 0 spiro atoms. The molecule has 3 aromatic rings. The summed E-state index contributed by atoms with van der Waals surface area (Å²) < 4.78 is 0. The van der Waals surface area contributed by atoms with Crippen molar-refractivity contribution in [2.75, 3.05) is 0 Å². The zero-order valence-corrected chi connectivity index (χ0v) is 14.4. The third-order valence-corrected chi connectivity index (χ3v) is 2.10. The van der Waals surface area contributed by atoms with Gasteiger partial charge in [0.15, 0.2) is 0 Å². The second-order valence-electron chi connectivity index (χ2n) is 3.12. The van der Waals surface area contributed by atoms with Crippen molar-refractivity contribution in [3.63, 3.8) is 0 Å². The third kappa shape index (κ3) is 9.61. The van der Waals surface area contributed by atoms with Crippen LogP contribution in [0.1, 0.15) is 0 Å². The fourth-order valence-electron chi connectivity index (χ4n) is 1.39. The zero-order chi connectivity index (χ0) is 9.64. The van der Waals surface area contributed by atoms with E-state index in [0.717, 1.165) is 0 Å². The van der Waals surface area contributed by atoms with E-state index in [0.29, 0.717) is 0 Å². The summed E-state index contributed by atoms with van der Waals surface area (Å²) in [6.07, 6.45) is 0. The summed E-state index contributed by atoms with van der Waals surface area (Å²) in [5.41, 5.74) is 0. The molecule has 0 heterocycles. The molecule has 0 N–H and O–H groups in total. The molecule has 0 aliphatic carbocycles. The van der Waals surface area contributed by atoms with Crippen molar-refractivity contribution in [2.45, 2.75) is 0 Å². The van der Waals surface area contributed by atoms with Crippen molar-refractivity contribution in [1.29, 1.82) is 0 Å². The Kier molecular flexibility index (Phi) is 27.6. The molecule has 1 heteroatoms. The van der Waals surface area contributed by atoms with E-state index in [2.05, 4.69) is 42.5 Å². The van der Waals surface area contributed by atoms with Crippen LogP contribution in [0.2, 0.25) is 0 Å². The largest absolute Gasteiger partial charge is 0.358 e. The van der Waals surface area contributed by atoms with Crippen LogP contribution in [-0.2, 0) is 17.1 Å². The SMILES string of the molecule is [CH3-].[CH3-].[CH3-].[CH3-].[CH3-].[Fe].c1cc[cH-]c1.c1ccc2[cH-]ccc2c1. The Bertz CT molecular complexity index is 416. The molecule has 3 rings (SSSR count). The van der Waals surface area contributed by atoms with Crippen molar-refractivity contribution in [1.82, 2.24) is 0 Å². The molecule has 0 unspecified atom stereocenters. The van der Waals surface area contributed by atoms with Crippen LogP contribution in [0.4, 0.5) is 0 Å². The summed E-state index contributed by atoms with van der Waals surface area (Å²) in [7, 11) is 0. The summed E-state index contributed by atoms with van der Waals surface area (Å²) in [5, 5.41) is 2.66. The number of rotatable bonds is 0. The standard InChI is InChI=1S/C9H7.C5H5.5CH3.Fe/c1-2-5-9-7-3-6-8(9)4-1;1-2-4-5-3-1;;;;;;/h1-7H;1-5H;5*1H3;/q7*-1;. The molecule has 0 atom stereocenters. The number of benzene rings is 1. The van der Waals surface area contributed by atoms with Gasteiger partial charge in [0, 0.05) is 17.1 Å². The average Bonchev–Trinajstić information content (AvgIpc) is 2.92. The molecule has 20 heavy (non-hydrogen) atoms. The molecule has 118 valence electrons. The molecular formula is C19H27Fe-7. The Balaban J connectivity index is -0.0000000621. The van der Waals surface area contributed by atoms with E-state index in [9.17, 15) is 0 Å². The van der Waals surface area contributed by atoms with Gasteiger partial charge in [0.25, 0.3) is 0 Å². The van der Waals surface area contributed by atoms with Crippen LogP contribution in [0.15, 0.2) is 72.8 Å². The van der Waals surface area contributed by atoms with Crippen LogP contribution >= 0.6 is 0 Å². The van der Waals surface area contributed by atoms with E-state index in [1.54, 1.807) is 0 Å². The van der Waals surface area contributed by atoms with Crippen LogP contribution in [0.3, 0.4) is 0 Å². The Hall–Kier alpha value is -1.30. The summed E-state index contributed by atoms with van der Waals surface area (Å²) >= 11 is 0. The maximum Gasteiger partial charge on any atom is 0 e. The van der Waals surface area contributed by atoms with Gasteiger partial charge in [-0.25, -0.2) is 12.1 Å². The summed E-state index contributed by atoms with van der Waals surface area (Å²) in [6.45, 7) is 0. The summed E-state index contributed by atoms with van der Waals surface area (Å²) in [5.74, 6) is 0. The molecule has 0 fully saturated rings. The molecule has 3 aromatic carbocycles. The van der Waals surface area contributed by atoms with E-state index >= 15 is 0 Å². The monoisotopic (exact) mass is 311 g/mol. The Labute approximate surface area is 138 Å². The van der Waals surface area contributed by atoms with Gasteiger partial charge in [0.2, 0.25) is 0 Å². The molecule has 0 nitrogen and oxygen atoms in total. The van der Waals surface area contributed by atoms with Crippen LogP contribution in [0.5, 0.6) is 0 Å². The van der Waals surface area contributed by atoms with Gasteiger partial charge >= 0.3 is 0 Å². The van der Waals surface area contributed by atoms with Gasteiger partial charge in [-0.2, -0.15) is 35.7 Å². The van der Waals surface area contributed by atoms with E-state index < -0.39 is 0 Å². The Morgan fingerprint density at radius 2 is 1.15 bits per heavy atom. The van der Waals surface area contributed by atoms with E-state index in [1.807, 2.05) is 30.3 Å². The predicted molar refractivity (Wildman–Crippen MR) is 93.6 cm³/mol. The minimum atomic E-state index is 0. The fraction of sp³-hybridized carbons (Fsp3) is 0. The predicted octanol–water partition coefficient (Wildman–Crippen LogP) is 6.21. The molecular weight excluding hydrogens is 284 g/mol. The first kappa shape index (κ1) is 31.2. The second-order valence-corrected chi connectivity index (χ2v) is 3.12. The average molecular weight is 311 g/mol. The number of hydrogen-bond acceptors (Lipinski definition) is 0. The van der Waals surface area contributed by atoms with Crippen LogP contribution in [0.25, 0.3) is 10.8 Å². The normalized spacial score (nSPS) is 6.60. The van der Waals surface area contributed by atoms with Gasteiger partial charge in [0.1, 0.15) is 0 Å². The molecule has 0 aliphatic rings. The van der Waals surface area contributed by atoms with Crippen LogP contribution in [0, 0.1) is 37.1 Å². The minimum Gasteiger partial charge on any atom is -0.358 e. The van der Waals surface area contributed by atoms with Gasteiger partial charge in [-0.15, -0.1) is 29.7 Å². The maximum absolute atomic E-state index is 2.12. The molecule has 0 saturated carbocycles. The van der Waals surface area contributed by atoms with Crippen molar-refractivity contribution < 1.29 is 17.1 Å². The first-order chi connectivity index (χ1) is 6.97. The minimum absolute atomic E-state index is 0. The second kappa shape index (κ2) is 17.7. The van der Waals surface area contributed by atoms with Crippen LogP contribution in [-0.4, -0.2) is 0 Å². The number of hydrogen-bond donors (Lipinski definition) is 0. The summed E-state index contributed by atoms with van der Waals surface area (Å²) in [4.78, 5) is 0. The van der Waals surface area contributed by atoms with Gasteiger partial charge in [-0.05, 0) is 0 Å². The van der Waals surface area contributed by atoms with Crippen LogP contribution < -0.4 is 0 Å². The van der Waals surface area contributed by atoms with E-state index in [4.69, 9.17) is 0 Å². The van der Waals surface area contributed by atoms with E-state index in [-0.39, 0.29) is 54.2 Å². The molecule has 0 amide bonds. The van der Waals surface area contributed by atoms with Gasteiger partial charge < -0.3 is 37.1 Å². The molecule has 0 aromatic heterocycles. The van der Waals surface area contributed by atoms with Crippen molar-refractivity contribution >= 4 is 10.8 Å². The molecule has 0 aliphatic heterocycles. The van der Waals surface area contributed by atoms with E-state index in [1.165, 1.54) is 10.8 Å². The Morgan fingerprint density at radius 3 is 1.60 bits per heavy atom. The van der Waals surface area contributed by atoms with Gasteiger partial charge in [-0.3, -0.25) is 0 Å². The van der Waals surface area contributed by atoms with Crippen molar-refractivity contribution in [2.24, 2.45) is 0 Å². The van der Waals surface area contributed by atoms with Gasteiger partial charge in [0.05, 0.1) is 0 Å². The quantitative estimate of drug-likeness (QED) is 0.342. The van der Waals surface area contributed by atoms with Crippen molar-refractivity contribution in [3.8, 4) is 0 Å². The smallest absolute Gasteiger partial charge is 0 e. The topological polar surface area (TPSA) is 0 Å². The third-order valence-electron chi connectivity index (χ3n) is 2.10. The first-order valence-electron chi connectivity index (χ1n) is 4.74. The number of fused-ring (bicyclic) bond motifs is 1. The van der Waals surface area contributed by atoms with Crippen molar-refractivity contribution in [3.05, 3.63) is 110 Å².